The summed E-state index contributed by atoms with van der Waals surface area (Å²) in [5, 5.41) is 3.10. The Hall–Kier alpha value is -2.24. The summed E-state index contributed by atoms with van der Waals surface area (Å²) in [4.78, 5) is 24.1. The van der Waals surface area contributed by atoms with Gasteiger partial charge in [0, 0.05) is 19.3 Å². The molecule has 0 saturated carbocycles. The number of ether oxygens (including phenoxy) is 2. The summed E-state index contributed by atoms with van der Waals surface area (Å²) < 4.78 is 9.89. The molecule has 0 radical (unpaired) electrons. The van der Waals surface area contributed by atoms with Crippen LogP contribution in [0.25, 0.3) is 0 Å². The highest BCUT2D eigenvalue weighted by Crippen LogP contribution is 2.33. The molecule has 6 nitrogen and oxygen atoms in total. The molecule has 0 aliphatic carbocycles. The fourth-order valence-electron chi connectivity index (χ4n) is 1.79. The Kier molecular flexibility index (Phi) is 3.89. The average molecular weight is 264 g/mol. The molecule has 0 atom stereocenters. The zero-order chi connectivity index (χ0) is 13.8. The molecule has 0 fully saturated rings. The van der Waals surface area contributed by atoms with Gasteiger partial charge in [-0.1, -0.05) is 0 Å². The lowest BCUT2D eigenvalue weighted by Gasteiger charge is -2.26. The molecule has 0 unspecified atom stereocenters. The number of carbonyl (C=O) groups excluding carboxylic acids is 2. The van der Waals surface area contributed by atoms with Gasteiger partial charge in [0.2, 0.25) is 0 Å². The molecule has 2 rings (SSSR count). The number of benzene rings is 1. The molecular weight excluding hydrogens is 248 g/mol. The van der Waals surface area contributed by atoms with E-state index in [1.54, 1.807) is 18.0 Å². The maximum atomic E-state index is 11.5. The van der Waals surface area contributed by atoms with E-state index < -0.39 is 0 Å². The van der Waals surface area contributed by atoms with E-state index in [4.69, 9.17) is 4.74 Å². The number of carbonyl (C=O) groups is 2. The van der Waals surface area contributed by atoms with Crippen LogP contribution in [0.15, 0.2) is 18.2 Å². The predicted molar refractivity (Wildman–Crippen MR) is 70.5 cm³/mol. The fraction of sp³-hybridized carbons (Fsp3) is 0.385. The van der Waals surface area contributed by atoms with Crippen molar-refractivity contribution < 1.29 is 19.1 Å². The quantitative estimate of drug-likeness (QED) is 0.822. The van der Waals surface area contributed by atoms with Crippen LogP contribution in [0, 0.1) is 0 Å². The van der Waals surface area contributed by atoms with Crippen molar-refractivity contribution >= 4 is 23.3 Å². The second-order valence-electron chi connectivity index (χ2n) is 4.18. The minimum absolute atomic E-state index is 0.0681. The lowest BCUT2D eigenvalue weighted by atomic mass is 10.2. The van der Waals surface area contributed by atoms with Gasteiger partial charge in [-0.15, -0.1) is 0 Å². The second-order valence-corrected chi connectivity index (χ2v) is 4.18. The van der Waals surface area contributed by atoms with Crippen molar-refractivity contribution in [1.29, 1.82) is 0 Å². The van der Waals surface area contributed by atoms with Crippen molar-refractivity contribution in [3.05, 3.63) is 18.2 Å². The number of hydrogen-bond donors (Lipinski definition) is 1. The van der Waals surface area contributed by atoms with E-state index in [-0.39, 0.29) is 18.5 Å². The molecule has 1 heterocycles. The fourth-order valence-corrected chi connectivity index (χ4v) is 1.79. The smallest absolute Gasteiger partial charge is 0.307 e. The molecule has 1 aromatic rings. The van der Waals surface area contributed by atoms with Crippen molar-refractivity contribution in [3.8, 4) is 5.75 Å². The molecule has 1 N–H and O–H groups in total. The van der Waals surface area contributed by atoms with Crippen LogP contribution < -0.4 is 15.0 Å². The van der Waals surface area contributed by atoms with Crippen LogP contribution in [-0.4, -0.2) is 39.2 Å². The highest BCUT2D eigenvalue weighted by Gasteiger charge is 2.22. The van der Waals surface area contributed by atoms with E-state index >= 15 is 0 Å². The molecule has 1 aliphatic rings. The first-order valence-electron chi connectivity index (χ1n) is 5.96. The van der Waals surface area contributed by atoms with E-state index in [2.05, 4.69) is 10.1 Å². The molecule has 6 heteroatoms. The Balaban J connectivity index is 2.04. The standard InChI is InChI=1S/C13H16N2O4/c1-15-10-7-9(14-6-5-13(17)18-2)3-4-11(10)19-8-12(15)16/h3-4,7,14H,5-6,8H2,1-2H3. The average Bonchev–Trinajstić information content (AvgIpc) is 2.43. The molecule has 102 valence electrons. The summed E-state index contributed by atoms with van der Waals surface area (Å²) in [6.07, 6.45) is 0.291. The molecule has 19 heavy (non-hydrogen) atoms. The van der Waals surface area contributed by atoms with E-state index in [0.29, 0.717) is 18.7 Å². The third kappa shape index (κ3) is 2.96. The second kappa shape index (κ2) is 5.60. The Morgan fingerprint density at radius 1 is 1.53 bits per heavy atom. The minimum atomic E-state index is -0.263. The molecule has 1 amide bonds. The number of amides is 1. The Bertz CT molecular complexity index is 501. The van der Waals surface area contributed by atoms with Gasteiger partial charge in [-0.05, 0) is 18.2 Å². The van der Waals surface area contributed by atoms with Crippen molar-refractivity contribution in [2.24, 2.45) is 0 Å². The number of rotatable bonds is 4. The van der Waals surface area contributed by atoms with Gasteiger partial charge in [0.15, 0.2) is 6.61 Å². The summed E-state index contributed by atoms with van der Waals surface area (Å²) in [7, 11) is 3.07. The molecule has 1 aliphatic heterocycles. The Labute approximate surface area is 111 Å². The molecule has 1 aromatic carbocycles. The Morgan fingerprint density at radius 3 is 3.05 bits per heavy atom. The first kappa shape index (κ1) is 13.2. The van der Waals surface area contributed by atoms with Crippen molar-refractivity contribution in [1.82, 2.24) is 0 Å². The van der Waals surface area contributed by atoms with Crippen LogP contribution in [-0.2, 0) is 14.3 Å². The van der Waals surface area contributed by atoms with Gasteiger partial charge < -0.3 is 19.7 Å². The van der Waals surface area contributed by atoms with Gasteiger partial charge >= 0.3 is 5.97 Å². The van der Waals surface area contributed by atoms with Crippen molar-refractivity contribution in [2.75, 3.05) is 37.5 Å². The van der Waals surface area contributed by atoms with Crippen molar-refractivity contribution in [2.45, 2.75) is 6.42 Å². The number of nitrogens with zero attached hydrogens (tertiary/aromatic N) is 1. The number of esters is 1. The zero-order valence-corrected chi connectivity index (χ0v) is 10.9. The van der Waals surface area contributed by atoms with Crippen LogP contribution in [0.5, 0.6) is 5.75 Å². The van der Waals surface area contributed by atoms with E-state index in [1.165, 1.54) is 7.11 Å². The van der Waals surface area contributed by atoms with Gasteiger partial charge in [-0.2, -0.15) is 0 Å². The van der Waals surface area contributed by atoms with Gasteiger partial charge in [-0.3, -0.25) is 9.59 Å². The summed E-state index contributed by atoms with van der Waals surface area (Å²) in [5.74, 6) is 0.334. The van der Waals surface area contributed by atoms with E-state index in [9.17, 15) is 9.59 Å². The topological polar surface area (TPSA) is 67.9 Å². The summed E-state index contributed by atoms with van der Waals surface area (Å²) in [6.45, 7) is 0.544. The molecule has 0 bridgehead atoms. The highest BCUT2D eigenvalue weighted by atomic mass is 16.5. The molecular formula is C13H16N2O4. The Morgan fingerprint density at radius 2 is 2.32 bits per heavy atom. The van der Waals surface area contributed by atoms with Gasteiger partial charge in [-0.25, -0.2) is 0 Å². The number of fused-ring (bicyclic) bond motifs is 1. The number of hydrogen-bond acceptors (Lipinski definition) is 5. The van der Waals surface area contributed by atoms with Crippen LogP contribution in [0.3, 0.4) is 0 Å². The van der Waals surface area contributed by atoms with Crippen LogP contribution in [0.1, 0.15) is 6.42 Å². The molecule has 0 saturated heterocycles. The third-order valence-electron chi connectivity index (χ3n) is 2.93. The third-order valence-corrected chi connectivity index (χ3v) is 2.93. The predicted octanol–water partition coefficient (Wildman–Crippen LogP) is 1.02. The summed E-state index contributed by atoms with van der Waals surface area (Å²) in [5.41, 5.74) is 1.55. The number of likely N-dealkylation sites (N-methyl/N-ethyl adjacent to an activating group) is 1. The normalized spacial score (nSPS) is 13.6. The van der Waals surface area contributed by atoms with E-state index in [1.807, 2.05) is 12.1 Å². The molecule has 0 aromatic heterocycles. The number of nitrogens with one attached hydrogen (secondary N) is 1. The van der Waals surface area contributed by atoms with Gasteiger partial charge in [0.1, 0.15) is 5.75 Å². The van der Waals surface area contributed by atoms with E-state index in [0.717, 1.165) is 11.4 Å². The highest BCUT2D eigenvalue weighted by molar-refractivity contribution is 5.97. The van der Waals surface area contributed by atoms with Gasteiger partial charge in [0.25, 0.3) is 5.91 Å². The lowest BCUT2D eigenvalue weighted by Crippen LogP contribution is -2.35. The first-order chi connectivity index (χ1) is 9.11. The van der Waals surface area contributed by atoms with Crippen molar-refractivity contribution in [3.63, 3.8) is 0 Å². The largest absolute Gasteiger partial charge is 0.482 e. The zero-order valence-electron chi connectivity index (χ0n) is 10.9. The summed E-state index contributed by atoms with van der Waals surface area (Å²) in [6, 6.07) is 5.47. The van der Waals surface area contributed by atoms with Crippen LogP contribution >= 0.6 is 0 Å². The SMILES string of the molecule is COC(=O)CCNc1ccc2c(c1)N(C)C(=O)CO2. The number of methoxy groups -OCH3 is 1. The van der Waals surface area contributed by atoms with Gasteiger partial charge in [0.05, 0.1) is 19.2 Å². The minimum Gasteiger partial charge on any atom is -0.482 e. The van der Waals surface area contributed by atoms with Crippen LogP contribution in [0.4, 0.5) is 11.4 Å². The first-order valence-corrected chi connectivity index (χ1v) is 5.96. The maximum absolute atomic E-state index is 11.5. The molecule has 0 spiro atoms. The summed E-state index contributed by atoms with van der Waals surface area (Å²) >= 11 is 0. The maximum Gasteiger partial charge on any atom is 0.307 e. The van der Waals surface area contributed by atoms with Crippen LogP contribution in [0.2, 0.25) is 0 Å². The monoisotopic (exact) mass is 264 g/mol. The lowest BCUT2D eigenvalue weighted by molar-refractivity contribution is -0.140. The number of anilines is 2.